The number of nitrogens with one attached hydrogen (secondary N) is 2. The van der Waals surface area contributed by atoms with Crippen LogP contribution < -0.4 is 10.6 Å². The van der Waals surface area contributed by atoms with Crippen LogP contribution in [-0.4, -0.2) is 34.3 Å². The number of carboxylic acid groups (broad SMARTS) is 1. The summed E-state index contributed by atoms with van der Waals surface area (Å²) in [5, 5.41) is 22.9. The molecule has 0 heterocycles. The molecule has 6 heteroatoms. The van der Waals surface area contributed by atoms with Crippen molar-refractivity contribution in [3.63, 3.8) is 0 Å². The van der Waals surface area contributed by atoms with Crippen molar-refractivity contribution >= 4 is 12.0 Å². The average Bonchev–Trinajstić information content (AvgIpc) is 2.28. The van der Waals surface area contributed by atoms with Crippen molar-refractivity contribution in [1.82, 2.24) is 10.6 Å². The minimum Gasteiger partial charge on any atom is -0.507 e. The highest BCUT2D eigenvalue weighted by molar-refractivity contribution is 5.96. The van der Waals surface area contributed by atoms with Crippen LogP contribution >= 0.6 is 0 Å². The first-order valence-electron chi connectivity index (χ1n) is 5.50. The van der Waals surface area contributed by atoms with Crippen molar-refractivity contribution in [2.24, 2.45) is 0 Å². The van der Waals surface area contributed by atoms with Gasteiger partial charge in [-0.05, 0) is 26.0 Å². The van der Waals surface area contributed by atoms with Crippen molar-refractivity contribution in [3.8, 4) is 5.75 Å². The molecule has 0 saturated heterocycles. The van der Waals surface area contributed by atoms with E-state index in [9.17, 15) is 14.7 Å². The predicted octanol–water partition coefficient (Wildman–Crippen LogP) is 1.17. The van der Waals surface area contributed by atoms with Gasteiger partial charge in [0.2, 0.25) is 0 Å². The fourth-order valence-electron chi connectivity index (χ4n) is 1.39. The molecule has 0 aliphatic rings. The van der Waals surface area contributed by atoms with E-state index in [2.05, 4.69) is 10.6 Å². The number of carbonyl (C=O) groups excluding carboxylic acids is 1. The Balaban J connectivity index is 2.65. The van der Waals surface area contributed by atoms with Gasteiger partial charge in [-0.25, -0.2) is 4.79 Å². The van der Waals surface area contributed by atoms with Crippen LogP contribution in [0.4, 0.5) is 4.79 Å². The zero-order valence-electron chi connectivity index (χ0n) is 10.2. The van der Waals surface area contributed by atoms with Gasteiger partial charge in [0.1, 0.15) is 5.75 Å². The first-order chi connectivity index (χ1) is 8.41. The average molecular weight is 252 g/mol. The second kappa shape index (κ2) is 5.90. The van der Waals surface area contributed by atoms with Gasteiger partial charge in [0.25, 0.3) is 5.91 Å². The maximum Gasteiger partial charge on any atom is 0.404 e. The highest BCUT2D eigenvalue weighted by atomic mass is 16.4. The predicted molar refractivity (Wildman–Crippen MR) is 65.7 cm³/mol. The van der Waals surface area contributed by atoms with E-state index >= 15 is 0 Å². The number of phenols is 1. The van der Waals surface area contributed by atoms with Crippen molar-refractivity contribution in [2.45, 2.75) is 25.9 Å². The van der Waals surface area contributed by atoms with E-state index < -0.39 is 24.1 Å². The quantitative estimate of drug-likeness (QED) is 0.646. The van der Waals surface area contributed by atoms with Crippen LogP contribution in [0.25, 0.3) is 0 Å². The molecule has 0 bridgehead atoms. The van der Waals surface area contributed by atoms with E-state index in [-0.39, 0.29) is 11.3 Å². The topological polar surface area (TPSA) is 98.7 Å². The number of aromatic hydroxyl groups is 1. The maximum absolute atomic E-state index is 11.8. The Morgan fingerprint density at radius 3 is 2.22 bits per heavy atom. The minimum absolute atomic E-state index is 0.110. The van der Waals surface area contributed by atoms with Gasteiger partial charge >= 0.3 is 6.09 Å². The van der Waals surface area contributed by atoms with Crippen molar-refractivity contribution < 1.29 is 19.8 Å². The lowest BCUT2D eigenvalue weighted by Gasteiger charge is -2.21. The second-order valence-electron chi connectivity index (χ2n) is 4.02. The Bertz CT molecular complexity index is 447. The highest BCUT2D eigenvalue weighted by Gasteiger charge is 2.18. The summed E-state index contributed by atoms with van der Waals surface area (Å²) in [4.78, 5) is 22.3. The molecule has 0 fully saturated rings. The van der Waals surface area contributed by atoms with Gasteiger partial charge in [-0.3, -0.25) is 4.79 Å². The standard InChI is InChI=1S/C12H16N2O4/c1-7(8(2)14-12(17)18)13-11(16)9-5-3-4-6-10(9)15/h3-8,14-15H,1-2H3,(H,13,16)(H,17,18). The first kappa shape index (κ1) is 13.8. The molecule has 18 heavy (non-hydrogen) atoms. The van der Waals surface area contributed by atoms with E-state index in [4.69, 9.17) is 5.11 Å². The van der Waals surface area contributed by atoms with Gasteiger partial charge in [-0.15, -0.1) is 0 Å². The van der Waals surface area contributed by atoms with Crippen LogP contribution in [0.2, 0.25) is 0 Å². The molecule has 0 radical (unpaired) electrons. The van der Waals surface area contributed by atoms with Crippen LogP contribution in [0.3, 0.4) is 0 Å². The number of rotatable bonds is 4. The van der Waals surface area contributed by atoms with Crippen molar-refractivity contribution in [1.29, 1.82) is 0 Å². The van der Waals surface area contributed by atoms with E-state index in [0.29, 0.717) is 0 Å². The number of hydrogen-bond acceptors (Lipinski definition) is 3. The van der Waals surface area contributed by atoms with Gasteiger partial charge < -0.3 is 20.8 Å². The molecule has 1 aromatic carbocycles. The number of amides is 2. The van der Waals surface area contributed by atoms with Crippen molar-refractivity contribution in [3.05, 3.63) is 29.8 Å². The second-order valence-corrected chi connectivity index (χ2v) is 4.02. The maximum atomic E-state index is 11.8. The van der Waals surface area contributed by atoms with E-state index in [1.54, 1.807) is 26.0 Å². The third-order valence-corrected chi connectivity index (χ3v) is 2.61. The third kappa shape index (κ3) is 3.65. The molecule has 0 aliphatic carbocycles. The number of carbonyl (C=O) groups is 2. The summed E-state index contributed by atoms with van der Waals surface area (Å²) in [5.74, 6) is -0.555. The van der Waals surface area contributed by atoms with Crippen LogP contribution in [0.15, 0.2) is 24.3 Å². The monoisotopic (exact) mass is 252 g/mol. The summed E-state index contributed by atoms with van der Waals surface area (Å²) in [6, 6.07) is 5.33. The van der Waals surface area contributed by atoms with E-state index in [0.717, 1.165) is 0 Å². The summed E-state index contributed by atoms with van der Waals surface area (Å²) < 4.78 is 0. The molecule has 0 aliphatic heterocycles. The normalized spacial score (nSPS) is 13.4. The number of benzene rings is 1. The fraction of sp³-hybridized carbons (Fsp3) is 0.333. The molecule has 6 nitrogen and oxygen atoms in total. The molecular weight excluding hydrogens is 236 g/mol. The van der Waals surface area contributed by atoms with Crippen LogP contribution in [0.1, 0.15) is 24.2 Å². The van der Waals surface area contributed by atoms with Gasteiger partial charge in [-0.1, -0.05) is 12.1 Å². The van der Waals surface area contributed by atoms with E-state index in [1.807, 2.05) is 0 Å². The molecule has 2 atom stereocenters. The fourth-order valence-corrected chi connectivity index (χ4v) is 1.39. The van der Waals surface area contributed by atoms with Gasteiger partial charge in [0.15, 0.2) is 0 Å². The highest BCUT2D eigenvalue weighted by Crippen LogP contribution is 2.15. The molecular formula is C12H16N2O4. The Morgan fingerprint density at radius 1 is 1.11 bits per heavy atom. The zero-order valence-corrected chi connectivity index (χ0v) is 10.2. The van der Waals surface area contributed by atoms with Crippen molar-refractivity contribution in [2.75, 3.05) is 0 Å². The molecule has 98 valence electrons. The Morgan fingerprint density at radius 2 is 1.67 bits per heavy atom. The molecule has 0 aromatic heterocycles. The summed E-state index contributed by atoms with van der Waals surface area (Å²) in [6.45, 7) is 3.32. The third-order valence-electron chi connectivity index (χ3n) is 2.61. The number of phenolic OH excluding ortho intramolecular Hbond substituents is 1. The smallest absolute Gasteiger partial charge is 0.404 e. The molecule has 1 rings (SSSR count). The Kier molecular flexibility index (Phi) is 4.53. The zero-order chi connectivity index (χ0) is 13.7. The molecule has 2 unspecified atom stereocenters. The van der Waals surface area contributed by atoms with Gasteiger partial charge in [0.05, 0.1) is 5.56 Å². The largest absolute Gasteiger partial charge is 0.507 e. The molecule has 4 N–H and O–H groups in total. The van der Waals surface area contributed by atoms with E-state index in [1.165, 1.54) is 12.1 Å². The first-order valence-corrected chi connectivity index (χ1v) is 5.50. The summed E-state index contributed by atoms with van der Waals surface area (Å²) in [6.07, 6.45) is -1.15. The number of para-hydroxylation sites is 1. The molecule has 0 spiro atoms. The lowest BCUT2D eigenvalue weighted by Crippen LogP contribution is -2.48. The summed E-state index contributed by atoms with van der Waals surface area (Å²) in [5.41, 5.74) is 0.159. The molecule has 0 saturated carbocycles. The van der Waals surface area contributed by atoms with Gasteiger partial charge in [-0.2, -0.15) is 0 Å². The van der Waals surface area contributed by atoms with Gasteiger partial charge in [0, 0.05) is 12.1 Å². The summed E-state index contributed by atoms with van der Waals surface area (Å²) >= 11 is 0. The van der Waals surface area contributed by atoms with Crippen LogP contribution in [-0.2, 0) is 0 Å². The van der Waals surface area contributed by atoms with Crippen LogP contribution in [0, 0.1) is 0 Å². The number of hydrogen-bond donors (Lipinski definition) is 4. The lowest BCUT2D eigenvalue weighted by molar-refractivity contribution is 0.0928. The summed E-state index contributed by atoms with van der Waals surface area (Å²) in [7, 11) is 0. The minimum atomic E-state index is -1.15. The van der Waals surface area contributed by atoms with Crippen LogP contribution in [0.5, 0.6) is 5.75 Å². The lowest BCUT2D eigenvalue weighted by atomic mass is 10.1. The molecule has 1 aromatic rings. The Labute approximate surface area is 105 Å². The molecule has 2 amide bonds. The SMILES string of the molecule is CC(NC(=O)O)C(C)NC(=O)c1ccccc1O. The Hall–Kier alpha value is -2.24.